The van der Waals surface area contributed by atoms with Gasteiger partial charge in [-0.05, 0) is 26.2 Å². The number of H-pyrrole nitrogens is 1. The molecule has 1 saturated carbocycles. The first kappa shape index (κ1) is 15.8. The fourth-order valence-electron chi connectivity index (χ4n) is 1.74. The Balaban J connectivity index is 1.55. The maximum Gasteiger partial charge on any atom is 0.305 e. The summed E-state index contributed by atoms with van der Waals surface area (Å²) in [7, 11) is 0. The SMILES string of the molecule is CCOC(=O)CCCNC(=O)CSc1n[nH]c(C2CC2)n1. The lowest BCUT2D eigenvalue weighted by Gasteiger charge is -2.04. The van der Waals surface area contributed by atoms with Gasteiger partial charge in [0.05, 0.1) is 12.4 Å². The van der Waals surface area contributed by atoms with Crippen molar-refractivity contribution in [1.29, 1.82) is 0 Å². The number of nitrogens with one attached hydrogen (secondary N) is 2. The number of nitrogens with zero attached hydrogens (tertiary/aromatic N) is 2. The Morgan fingerprint density at radius 3 is 3.00 bits per heavy atom. The highest BCUT2D eigenvalue weighted by atomic mass is 32.2. The second-order valence-electron chi connectivity index (χ2n) is 4.82. The molecular weight excluding hydrogens is 292 g/mol. The smallest absolute Gasteiger partial charge is 0.305 e. The van der Waals surface area contributed by atoms with Crippen LogP contribution in [0.4, 0.5) is 0 Å². The van der Waals surface area contributed by atoms with Crippen LogP contribution in [0, 0.1) is 0 Å². The van der Waals surface area contributed by atoms with Crippen molar-refractivity contribution in [2.45, 2.75) is 43.7 Å². The van der Waals surface area contributed by atoms with Gasteiger partial charge >= 0.3 is 5.97 Å². The van der Waals surface area contributed by atoms with Gasteiger partial charge in [0.1, 0.15) is 5.82 Å². The summed E-state index contributed by atoms with van der Waals surface area (Å²) in [5, 5.41) is 10.3. The van der Waals surface area contributed by atoms with Crippen LogP contribution in [0.1, 0.15) is 44.3 Å². The summed E-state index contributed by atoms with van der Waals surface area (Å²) in [6, 6.07) is 0. The van der Waals surface area contributed by atoms with E-state index in [0.717, 1.165) is 5.82 Å². The predicted octanol–water partition coefficient (Wildman–Crippen LogP) is 1.23. The average Bonchev–Trinajstić information content (AvgIpc) is 3.21. The van der Waals surface area contributed by atoms with Crippen LogP contribution in [0.25, 0.3) is 0 Å². The summed E-state index contributed by atoms with van der Waals surface area (Å²) in [5.41, 5.74) is 0. The fraction of sp³-hybridized carbons (Fsp3) is 0.692. The lowest BCUT2D eigenvalue weighted by atomic mass is 10.3. The second kappa shape index (κ2) is 8.02. The molecule has 0 radical (unpaired) electrons. The number of aromatic nitrogens is 3. The van der Waals surface area contributed by atoms with E-state index in [0.29, 0.717) is 37.1 Å². The van der Waals surface area contributed by atoms with Crippen molar-refractivity contribution in [1.82, 2.24) is 20.5 Å². The molecule has 116 valence electrons. The van der Waals surface area contributed by atoms with Gasteiger partial charge in [-0.3, -0.25) is 14.7 Å². The van der Waals surface area contributed by atoms with Gasteiger partial charge in [0, 0.05) is 18.9 Å². The van der Waals surface area contributed by atoms with Crippen molar-refractivity contribution in [3.05, 3.63) is 5.82 Å². The molecule has 0 bridgehead atoms. The standard InChI is InChI=1S/C13H20N4O3S/c1-2-20-11(19)4-3-7-14-10(18)8-21-13-15-12(16-17-13)9-5-6-9/h9H,2-8H2,1H3,(H,14,18)(H,15,16,17). The molecule has 21 heavy (non-hydrogen) atoms. The molecule has 1 amide bonds. The van der Waals surface area contributed by atoms with E-state index in [1.807, 2.05) is 0 Å². The maximum atomic E-state index is 11.6. The molecule has 7 nitrogen and oxygen atoms in total. The van der Waals surface area contributed by atoms with E-state index in [1.165, 1.54) is 24.6 Å². The topological polar surface area (TPSA) is 97.0 Å². The quantitative estimate of drug-likeness (QED) is 0.404. The Morgan fingerprint density at radius 2 is 2.29 bits per heavy atom. The first-order chi connectivity index (χ1) is 10.2. The van der Waals surface area contributed by atoms with Gasteiger partial charge in [-0.2, -0.15) is 0 Å². The van der Waals surface area contributed by atoms with Gasteiger partial charge < -0.3 is 10.1 Å². The van der Waals surface area contributed by atoms with Crippen LogP contribution < -0.4 is 5.32 Å². The first-order valence-corrected chi connectivity index (χ1v) is 8.15. The molecule has 0 aromatic carbocycles. The molecule has 2 N–H and O–H groups in total. The Labute approximate surface area is 127 Å². The van der Waals surface area contributed by atoms with Gasteiger partial charge in [-0.25, -0.2) is 4.98 Å². The summed E-state index contributed by atoms with van der Waals surface area (Å²) in [5.74, 6) is 1.42. The predicted molar refractivity (Wildman–Crippen MR) is 78.0 cm³/mol. The van der Waals surface area contributed by atoms with Crippen molar-refractivity contribution < 1.29 is 14.3 Å². The third kappa shape index (κ3) is 5.74. The van der Waals surface area contributed by atoms with Crippen molar-refractivity contribution in [3.8, 4) is 0 Å². The molecule has 0 atom stereocenters. The molecule has 1 aliphatic carbocycles. The number of rotatable bonds is 9. The lowest BCUT2D eigenvalue weighted by Crippen LogP contribution is -2.26. The molecule has 1 fully saturated rings. The average molecular weight is 312 g/mol. The van der Waals surface area contributed by atoms with Gasteiger partial charge in [0.2, 0.25) is 11.1 Å². The molecule has 0 spiro atoms. The van der Waals surface area contributed by atoms with E-state index in [2.05, 4.69) is 20.5 Å². The maximum absolute atomic E-state index is 11.6. The Morgan fingerprint density at radius 1 is 1.48 bits per heavy atom. The Bertz CT molecular complexity index is 488. The minimum Gasteiger partial charge on any atom is -0.466 e. The minimum absolute atomic E-state index is 0.0818. The van der Waals surface area contributed by atoms with Gasteiger partial charge in [-0.1, -0.05) is 11.8 Å². The highest BCUT2D eigenvalue weighted by Crippen LogP contribution is 2.38. The normalized spacial score (nSPS) is 14.0. The highest BCUT2D eigenvalue weighted by Gasteiger charge is 2.27. The third-order valence-electron chi connectivity index (χ3n) is 2.96. The first-order valence-electron chi connectivity index (χ1n) is 7.16. The van der Waals surface area contributed by atoms with Gasteiger partial charge in [0.25, 0.3) is 0 Å². The number of carbonyl (C=O) groups excluding carboxylic acids is 2. The summed E-state index contributed by atoms with van der Waals surface area (Å²) in [6.07, 6.45) is 3.25. The van der Waals surface area contributed by atoms with Crippen molar-refractivity contribution >= 4 is 23.6 Å². The van der Waals surface area contributed by atoms with Crippen LogP contribution in [-0.4, -0.2) is 46.0 Å². The molecule has 0 unspecified atom stereocenters. The molecule has 8 heteroatoms. The Kier molecular flexibility index (Phi) is 6.04. The summed E-state index contributed by atoms with van der Waals surface area (Å²) in [4.78, 5) is 27.1. The van der Waals surface area contributed by atoms with Crippen LogP contribution in [0.15, 0.2) is 5.16 Å². The van der Waals surface area contributed by atoms with Gasteiger partial charge in [0.15, 0.2) is 0 Å². The van der Waals surface area contributed by atoms with Crippen LogP contribution in [0.2, 0.25) is 0 Å². The number of aromatic amines is 1. The summed E-state index contributed by atoms with van der Waals surface area (Å²) < 4.78 is 4.81. The Hall–Kier alpha value is -1.57. The van der Waals surface area contributed by atoms with Crippen molar-refractivity contribution in [2.75, 3.05) is 18.9 Å². The number of hydrogen-bond acceptors (Lipinski definition) is 6. The summed E-state index contributed by atoms with van der Waals surface area (Å²) >= 11 is 1.31. The molecule has 1 aromatic rings. The lowest BCUT2D eigenvalue weighted by molar-refractivity contribution is -0.143. The zero-order valence-electron chi connectivity index (χ0n) is 12.1. The monoisotopic (exact) mass is 312 g/mol. The third-order valence-corrected chi connectivity index (χ3v) is 3.81. The highest BCUT2D eigenvalue weighted by molar-refractivity contribution is 7.99. The number of hydrogen-bond donors (Lipinski definition) is 2. The zero-order valence-corrected chi connectivity index (χ0v) is 12.9. The van der Waals surface area contributed by atoms with E-state index in [1.54, 1.807) is 6.92 Å². The van der Waals surface area contributed by atoms with Crippen molar-refractivity contribution in [3.63, 3.8) is 0 Å². The summed E-state index contributed by atoms with van der Waals surface area (Å²) in [6.45, 7) is 2.63. The van der Waals surface area contributed by atoms with E-state index in [4.69, 9.17) is 4.74 Å². The number of esters is 1. The molecule has 1 aromatic heterocycles. The van der Waals surface area contributed by atoms with Crippen LogP contribution in [0.3, 0.4) is 0 Å². The second-order valence-corrected chi connectivity index (χ2v) is 5.77. The fourth-order valence-corrected chi connectivity index (χ4v) is 2.37. The molecule has 0 aliphatic heterocycles. The van der Waals surface area contributed by atoms with E-state index < -0.39 is 0 Å². The minimum atomic E-state index is -0.227. The van der Waals surface area contributed by atoms with Crippen LogP contribution in [0.5, 0.6) is 0 Å². The number of thioether (sulfide) groups is 1. The van der Waals surface area contributed by atoms with Crippen molar-refractivity contribution in [2.24, 2.45) is 0 Å². The zero-order chi connectivity index (χ0) is 15.1. The van der Waals surface area contributed by atoms with Gasteiger partial charge in [-0.15, -0.1) is 5.10 Å². The largest absolute Gasteiger partial charge is 0.466 e. The molecule has 1 aliphatic rings. The molecule has 1 heterocycles. The van der Waals surface area contributed by atoms with E-state index in [-0.39, 0.29) is 17.6 Å². The number of carbonyl (C=O) groups is 2. The van der Waals surface area contributed by atoms with Crippen LogP contribution >= 0.6 is 11.8 Å². The molecule has 0 saturated heterocycles. The number of amides is 1. The molecule has 2 rings (SSSR count). The van der Waals surface area contributed by atoms with Crippen LogP contribution in [-0.2, 0) is 14.3 Å². The van der Waals surface area contributed by atoms with E-state index in [9.17, 15) is 9.59 Å². The molecular formula is C13H20N4O3S. The van der Waals surface area contributed by atoms with E-state index >= 15 is 0 Å². The number of ether oxygens (including phenoxy) is 1.